The monoisotopic (exact) mass is 476 g/mol. The molecule has 32 heavy (non-hydrogen) atoms. The van der Waals surface area contributed by atoms with Crippen molar-refractivity contribution < 1.29 is 19.1 Å². The van der Waals surface area contributed by atoms with Crippen LogP contribution >= 0.6 is 23.2 Å². The minimum absolute atomic E-state index is 0.219. The van der Waals surface area contributed by atoms with Crippen molar-refractivity contribution in [1.29, 1.82) is 0 Å². The molecule has 170 valence electrons. The van der Waals surface area contributed by atoms with Crippen molar-refractivity contribution in [3.05, 3.63) is 68.1 Å². The number of aryl methyl sites for hydroxylation is 1. The first-order valence-electron chi connectivity index (χ1n) is 10.3. The third-order valence-electron chi connectivity index (χ3n) is 5.43. The second-order valence-corrected chi connectivity index (χ2v) is 8.29. The van der Waals surface area contributed by atoms with Crippen molar-refractivity contribution in [1.82, 2.24) is 9.47 Å². The van der Waals surface area contributed by atoms with Crippen molar-refractivity contribution in [2.24, 2.45) is 0 Å². The van der Waals surface area contributed by atoms with E-state index in [2.05, 4.69) is 0 Å². The van der Waals surface area contributed by atoms with E-state index in [4.69, 9.17) is 32.7 Å². The Morgan fingerprint density at radius 3 is 2.53 bits per heavy atom. The molecule has 1 aliphatic heterocycles. The number of hydrogen-bond donors (Lipinski definition) is 0. The first-order chi connectivity index (χ1) is 15.2. The molecule has 0 unspecified atom stereocenters. The van der Waals surface area contributed by atoms with Crippen LogP contribution in [0.15, 0.2) is 41.1 Å². The first-order valence-corrected chi connectivity index (χ1v) is 11.0. The van der Waals surface area contributed by atoms with Crippen LogP contribution in [0, 0.1) is 13.8 Å². The van der Waals surface area contributed by atoms with Crippen molar-refractivity contribution >= 4 is 41.2 Å². The molecule has 0 atom stereocenters. The van der Waals surface area contributed by atoms with Gasteiger partial charge in [0.2, 0.25) is 0 Å². The highest BCUT2D eigenvalue weighted by Gasteiger charge is 2.37. The van der Waals surface area contributed by atoms with Gasteiger partial charge >= 0.3 is 5.97 Å². The number of aromatic nitrogens is 1. The minimum atomic E-state index is -0.517. The third-order valence-corrected chi connectivity index (χ3v) is 5.98. The van der Waals surface area contributed by atoms with Crippen LogP contribution in [0.4, 0.5) is 0 Å². The van der Waals surface area contributed by atoms with E-state index in [-0.39, 0.29) is 18.1 Å². The van der Waals surface area contributed by atoms with Gasteiger partial charge in [0.1, 0.15) is 0 Å². The molecule has 1 aromatic heterocycles. The molecule has 3 rings (SSSR count). The highest BCUT2D eigenvalue weighted by atomic mass is 35.5. The molecule has 1 amide bonds. The number of carbonyl (C=O) groups excluding carboxylic acids is 2. The molecule has 8 heteroatoms. The highest BCUT2D eigenvalue weighted by molar-refractivity contribution is 6.34. The summed E-state index contributed by atoms with van der Waals surface area (Å²) in [7, 11) is 1.57. The minimum Gasteiger partial charge on any atom is -0.462 e. The Morgan fingerprint density at radius 1 is 1.16 bits per heavy atom. The number of amides is 1. The molecule has 0 saturated heterocycles. The fourth-order valence-electron chi connectivity index (χ4n) is 3.90. The van der Waals surface area contributed by atoms with Gasteiger partial charge in [-0.3, -0.25) is 4.79 Å². The van der Waals surface area contributed by atoms with E-state index in [1.165, 1.54) is 0 Å². The van der Waals surface area contributed by atoms with Crippen LogP contribution in [-0.2, 0) is 19.1 Å². The van der Waals surface area contributed by atoms with Crippen LogP contribution in [0.1, 0.15) is 30.8 Å². The average molecular weight is 477 g/mol. The van der Waals surface area contributed by atoms with Gasteiger partial charge in [-0.2, -0.15) is 0 Å². The van der Waals surface area contributed by atoms with Gasteiger partial charge in [0.05, 0.1) is 35.1 Å². The van der Waals surface area contributed by atoms with Gasteiger partial charge in [-0.1, -0.05) is 23.2 Å². The van der Waals surface area contributed by atoms with Crippen LogP contribution < -0.4 is 0 Å². The number of hydrogen-bond acceptors (Lipinski definition) is 4. The van der Waals surface area contributed by atoms with Gasteiger partial charge in [0.15, 0.2) is 0 Å². The molecule has 2 aromatic rings. The fraction of sp³-hybridized carbons (Fsp3) is 0.333. The Hall–Kier alpha value is -2.54. The number of allylic oxidation sites excluding steroid dienone is 1. The third kappa shape index (κ3) is 4.49. The summed E-state index contributed by atoms with van der Waals surface area (Å²) in [6.45, 7) is 8.28. The zero-order valence-electron chi connectivity index (χ0n) is 18.8. The Morgan fingerprint density at radius 2 is 1.88 bits per heavy atom. The lowest BCUT2D eigenvalue weighted by atomic mass is 10.0. The standard InChI is InChI=1S/C24H26Cl2N2O4/c1-6-32-24(30)22-16(4)27(9-10-31-5)23(29)19(22)12-17-11-14(2)28(15(17)3)21-13-18(25)7-8-20(21)26/h7-8,11-13H,6,9-10H2,1-5H3. The Bertz CT molecular complexity index is 1130. The number of rotatable bonds is 7. The van der Waals surface area contributed by atoms with Crippen LogP contribution in [0.5, 0.6) is 0 Å². The Balaban J connectivity index is 2.13. The molecule has 2 heterocycles. The normalized spacial score (nSPS) is 15.3. The molecule has 0 radical (unpaired) electrons. The van der Waals surface area contributed by atoms with Crippen molar-refractivity contribution in [3.8, 4) is 5.69 Å². The summed E-state index contributed by atoms with van der Waals surface area (Å²) in [5.74, 6) is -0.774. The summed E-state index contributed by atoms with van der Waals surface area (Å²) >= 11 is 12.6. The van der Waals surface area contributed by atoms with E-state index < -0.39 is 5.97 Å². The second-order valence-electron chi connectivity index (χ2n) is 7.45. The zero-order valence-corrected chi connectivity index (χ0v) is 20.3. The molecule has 6 nitrogen and oxygen atoms in total. The van der Waals surface area contributed by atoms with E-state index in [1.807, 2.05) is 24.5 Å². The molecular weight excluding hydrogens is 451 g/mol. The number of ether oxygens (including phenoxy) is 2. The van der Waals surface area contributed by atoms with Crippen LogP contribution in [0.2, 0.25) is 10.0 Å². The van der Waals surface area contributed by atoms with Crippen molar-refractivity contribution in [2.45, 2.75) is 27.7 Å². The summed E-state index contributed by atoms with van der Waals surface area (Å²) in [6, 6.07) is 7.22. The molecule has 0 bridgehead atoms. The maximum atomic E-state index is 13.2. The maximum absolute atomic E-state index is 13.2. The smallest absolute Gasteiger partial charge is 0.340 e. The molecule has 1 aromatic carbocycles. The quantitative estimate of drug-likeness (QED) is 0.411. The van der Waals surface area contributed by atoms with Crippen molar-refractivity contribution in [2.75, 3.05) is 26.9 Å². The summed E-state index contributed by atoms with van der Waals surface area (Å²) in [4.78, 5) is 27.5. The molecule has 0 fully saturated rings. The number of nitrogens with zero attached hydrogens (tertiary/aromatic N) is 2. The average Bonchev–Trinajstić information content (AvgIpc) is 3.15. The van der Waals surface area contributed by atoms with Gasteiger partial charge in [-0.05, 0) is 63.6 Å². The topological polar surface area (TPSA) is 60.8 Å². The molecule has 1 aliphatic rings. The van der Waals surface area contributed by atoms with Gasteiger partial charge in [-0.15, -0.1) is 0 Å². The van der Waals surface area contributed by atoms with Gasteiger partial charge in [0, 0.05) is 35.8 Å². The first kappa shape index (κ1) is 24.1. The Labute approximate surface area is 198 Å². The van der Waals surface area contributed by atoms with Gasteiger partial charge in [-0.25, -0.2) is 4.79 Å². The summed E-state index contributed by atoms with van der Waals surface area (Å²) in [5, 5.41) is 1.13. The number of carbonyl (C=O) groups is 2. The summed E-state index contributed by atoms with van der Waals surface area (Å²) in [6.07, 6.45) is 1.74. The lowest BCUT2D eigenvalue weighted by Gasteiger charge is -2.16. The van der Waals surface area contributed by atoms with E-state index in [1.54, 1.807) is 50.1 Å². The SMILES string of the molecule is CCOC(=O)C1=C(C)N(CCOC)C(=O)C1=Cc1cc(C)n(-c2cc(Cl)ccc2Cl)c1C. The van der Waals surface area contributed by atoms with E-state index >= 15 is 0 Å². The number of halogens is 2. The zero-order chi connectivity index (χ0) is 23.6. The van der Waals surface area contributed by atoms with Gasteiger partial charge in [0.25, 0.3) is 5.91 Å². The van der Waals surface area contributed by atoms with Crippen molar-refractivity contribution in [3.63, 3.8) is 0 Å². The van der Waals surface area contributed by atoms with Gasteiger partial charge < -0.3 is 18.9 Å². The molecule has 0 spiro atoms. The molecule has 0 aliphatic carbocycles. The fourth-order valence-corrected chi connectivity index (χ4v) is 4.27. The second kappa shape index (κ2) is 9.94. The van der Waals surface area contributed by atoms with Crippen LogP contribution in [0.3, 0.4) is 0 Å². The lowest BCUT2D eigenvalue weighted by Crippen LogP contribution is -2.28. The number of esters is 1. The van der Waals surface area contributed by atoms with E-state index in [0.29, 0.717) is 34.5 Å². The van der Waals surface area contributed by atoms with E-state index in [0.717, 1.165) is 22.6 Å². The van der Waals surface area contributed by atoms with Crippen LogP contribution in [0.25, 0.3) is 11.8 Å². The predicted molar refractivity (Wildman–Crippen MR) is 126 cm³/mol. The molecule has 0 N–H and O–H groups in total. The molecule has 0 saturated carbocycles. The van der Waals surface area contributed by atoms with Crippen LogP contribution in [-0.4, -0.2) is 48.2 Å². The lowest BCUT2D eigenvalue weighted by molar-refractivity contribution is -0.138. The predicted octanol–water partition coefficient (Wildman–Crippen LogP) is 5.11. The molecular formula is C24H26Cl2N2O4. The van der Waals surface area contributed by atoms with E-state index in [9.17, 15) is 9.59 Å². The largest absolute Gasteiger partial charge is 0.462 e. The Kier molecular flexibility index (Phi) is 7.49. The highest BCUT2D eigenvalue weighted by Crippen LogP contribution is 2.34. The summed E-state index contributed by atoms with van der Waals surface area (Å²) < 4.78 is 12.3. The number of benzene rings is 1. The number of methoxy groups -OCH3 is 1. The maximum Gasteiger partial charge on any atom is 0.340 e. The summed E-state index contributed by atoms with van der Waals surface area (Å²) in [5.41, 5.74) is 4.46.